The van der Waals surface area contributed by atoms with Crippen molar-refractivity contribution in [3.63, 3.8) is 0 Å². The molecule has 1 fully saturated rings. The largest absolute Gasteiger partial charge is 0.507 e. The molecule has 1 aliphatic carbocycles. The summed E-state index contributed by atoms with van der Waals surface area (Å²) in [6.45, 7) is 0. The molecular formula is C32H30O14. The minimum Gasteiger partial charge on any atom is -0.507 e. The number of hydrogen-bond acceptors (Lipinski definition) is 13. The van der Waals surface area contributed by atoms with E-state index in [2.05, 4.69) is 0 Å². The molecule has 5 atom stereocenters. The van der Waals surface area contributed by atoms with Crippen molar-refractivity contribution in [2.24, 2.45) is 5.92 Å². The Kier molecular flexibility index (Phi) is 9.56. The second-order valence-electron chi connectivity index (χ2n) is 10.6. The van der Waals surface area contributed by atoms with Gasteiger partial charge < -0.3 is 55.4 Å². The summed E-state index contributed by atoms with van der Waals surface area (Å²) >= 11 is 0. The molecule has 9 N–H and O–H groups in total. The van der Waals surface area contributed by atoms with Crippen LogP contribution in [0.5, 0.6) is 23.0 Å². The highest BCUT2D eigenvalue weighted by atomic mass is 16.7. The van der Waals surface area contributed by atoms with Crippen molar-refractivity contribution in [1.82, 2.24) is 0 Å². The van der Waals surface area contributed by atoms with E-state index in [1.807, 2.05) is 0 Å². The lowest BCUT2D eigenvalue weighted by Gasteiger charge is -2.50. The molecule has 3 aromatic rings. The molecule has 0 aromatic heterocycles. The highest BCUT2D eigenvalue weighted by Crippen LogP contribution is 2.44. The first-order valence-corrected chi connectivity index (χ1v) is 13.6. The van der Waals surface area contributed by atoms with E-state index < -0.39 is 82.6 Å². The molecule has 0 spiro atoms. The van der Waals surface area contributed by atoms with Crippen molar-refractivity contribution in [3.8, 4) is 23.0 Å². The zero-order valence-corrected chi connectivity index (χ0v) is 23.8. The second-order valence-corrected chi connectivity index (χ2v) is 10.6. The van der Waals surface area contributed by atoms with Crippen molar-refractivity contribution >= 4 is 29.7 Å². The standard InChI is InChI=1S/C32H30O14/c33-21-9-6-18(13-24(21)36)7-11-27(39)46-32(44)26(38)16-31(43,30(41)42)20(12-17-4-2-1-3-5-17)29(32)45-28(40)15-23(35)19-8-10-22(34)25(37)14-19/h1-11,13-15,20,26,29,33-38,43-44H,12,16H2,(H,41,42). The lowest BCUT2D eigenvalue weighted by molar-refractivity contribution is -0.330. The summed E-state index contributed by atoms with van der Waals surface area (Å²) in [6.07, 6.45) is -3.69. The molecule has 0 radical (unpaired) electrons. The maximum absolute atomic E-state index is 13.1. The van der Waals surface area contributed by atoms with E-state index in [-0.39, 0.29) is 17.5 Å². The van der Waals surface area contributed by atoms with Crippen LogP contribution in [-0.2, 0) is 30.3 Å². The van der Waals surface area contributed by atoms with Gasteiger partial charge in [0.15, 0.2) is 34.7 Å². The first-order chi connectivity index (χ1) is 21.6. The van der Waals surface area contributed by atoms with E-state index in [0.29, 0.717) is 11.6 Å². The maximum Gasteiger partial charge on any atom is 0.336 e. The Morgan fingerprint density at radius 3 is 2.07 bits per heavy atom. The number of carbonyl (C=O) groups is 3. The molecular weight excluding hydrogens is 608 g/mol. The number of rotatable bonds is 9. The van der Waals surface area contributed by atoms with Gasteiger partial charge in [-0.25, -0.2) is 14.4 Å². The number of aliphatic carboxylic acids is 1. The van der Waals surface area contributed by atoms with Crippen LogP contribution in [0.25, 0.3) is 11.8 Å². The normalized spacial score (nSPS) is 24.8. The summed E-state index contributed by atoms with van der Waals surface area (Å²) in [5, 5.41) is 92.8. The molecule has 4 rings (SSSR count). The van der Waals surface area contributed by atoms with Crippen LogP contribution in [0.15, 0.2) is 78.9 Å². The Hall–Kier alpha value is -5.57. The van der Waals surface area contributed by atoms with Gasteiger partial charge in [0.25, 0.3) is 5.79 Å². The molecule has 242 valence electrons. The van der Waals surface area contributed by atoms with Crippen LogP contribution in [0.1, 0.15) is 23.1 Å². The predicted molar refractivity (Wildman–Crippen MR) is 157 cm³/mol. The predicted octanol–water partition coefficient (Wildman–Crippen LogP) is 1.70. The molecule has 14 heteroatoms. The van der Waals surface area contributed by atoms with E-state index in [1.165, 1.54) is 6.07 Å². The summed E-state index contributed by atoms with van der Waals surface area (Å²) < 4.78 is 10.5. The zero-order chi connectivity index (χ0) is 33.8. The molecule has 5 unspecified atom stereocenters. The average molecular weight is 639 g/mol. The fourth-order valence-corrected chi connectivity index (χ4v) is 5.04. The molecule has 0 bridgehead atoms. The third-order valence-corrected chi connectivity index (χ3v) is 7.48. The number of esters is 2. The molecule has 3 aromatic carbocycles. The van der Waals surface area contributed by atoms with Crippen LogP contribution in [-0.4, -0.2) is 87.5 Å². The minimum absolute atomic E-state index is 0.161. The fourth-order valence-electron chi connectivity index (χ4n) is 5.04. The number of aliphatic hydroxyl groups is 4. The number of aliphatic hydroxyl groups excluding tert-OH is 2. The smallest absolute Gasteiger partial charge is 0.336 e. The van der Waals surface area contributed by atoms with E-state index in [4.69, 9.17) is 9.47 Å². The quantitative estimate of drug-likeness (QED) is 0.0532. The van der Waals surface area contributed by atoms with Crippen molar-refractivity contribution in [3.05, 3.63) is 95.6 Å². The molecule has 0 heterocycles. The van der Waals surface area contributed by atoms with Gasteiger partial charge in [-0.15, -0.1) is 0 Å². The van der Waals surface area contributed by atoms with Gasteiger partial charge >= 0.3 is 17.9 Å². The number of hydrogen-bond donors (Lipinski definition) is 9. The first-order valence-electron chi connectivity index (χ1n) is 13.6. The van der Waals surface area contributed by atoms with Gasteiger partial charge in [0.2, 0.25) is 0 Å². The Morgan fingerprint density at radius 1 is 0.826 bits per heavy atom. The first kappa shape index (κ1) is 33.3. The molecule has 1 aliphatic rings. The summed E-state index contributed by atoms with van der Waals surface area (Å²) in [5.41, 5.74) is -2.39. The Balaban J connectivity index is 1.74. The van der Waals surface area contributed by atoms with Gasteiger partial charge in [-0.3, -0.25) is 0 Å². The number of aromatic hydroxyl groups is 4. The lowest BCUT2D eigenvalue weighted by Crippen LogP contribution is -2.71. The van der Waals surface area contributed by atoms with Gasteiger partial charge in [-0.1, -0.05) is 36.4 Å². The van der Waals surface area contributed by atoms with Gasteiger partial charge in [0.1, 0.15) is 11.9 Å². The van der Waals surface area contributed by atoms with Crippen LogP contribution in [0.2, 0.25) is 0 Å². The van der Waals surface area contributed by atoms with Crippen LogP contribution < -0.4 is 0 Å². The molecule has 14 nitrogen and oxygen atoms in total. The number of carbonyl (C=O) groups excluding carboxylic acids is 2. The fraction of sp³-hybridized carbons (Fsp3) is 0.219. The molecule has 0 amide bonds. The SMILES string of the molecule is O=C(C=C(O)c1ccc(O)c(O)c1)OC1C(Cc2ccccc2)C(O)(C(=O)O)CC(O)C1(O)OC(=O)C=Cc1ccc(O)c(O)c1. The van der Waals surface area contributed by atoms with E-state index in [0.717, 1.165) is 42.5 Å². The Morgan fingerprint density at radius 2 is 1.46 bits per heavy atom. The van der Waals surface area contributed by atoms with Crippen LogP contribution >= 0.6 is 0 Å². The molecule has 0 aliphatic heterocycles. The third-order valence-electron chi connectivity index (χ3n) is 7.48. The number of phenolic OH excluding ortho intramolecular Hbond substituents is 4. The van der Waals surface area contributed by atoms with E-state index in [9.17, 15) is 60.3 Å². The lowest BCUT2D eigenvalue weighted by atomic mass is 9.67. The minimum atomic E-state index is -3.16. The van der Waals surface area contributed by atoms with Crippen molar-refractivity contribution in [2.75, 3.05) is 0 Å². The van der Waals surface area contributed by atoms with Crippen molar-refractivity contribution in [2.45, 2.75) is 36.4 Å². The Bertz CT molecular complexity index is 1680. The van der Waals surface area contributed by atoms with Crippen molar-refractivity contribution in [1.29, 1.82) is 0 Å². The number of carboxylic acid groups (broad SMARTS) is 1. The van der Waals surface area contributed by atoms with Gasteiger partial charge in [-0.05, 0) is 54.0 Å². The summed E-state index contributed by atoms with van der Waals surface area (Å²) in [6, 6.07) is 14.6. The molecule has 0 saturated heterocycles. The van der Waals surface area contributed by atoms with E-state index in [1.54, 1.807) is 30.3 Å². The monoisotopic (exact) mass is 638 g/mol. The highest BCUT2D eigenvalue weighted by molar-refractivity contribution is 5.90. The number of carboxylic acids is 1. The van der Waals surface area contributed by atoms with Crippen LogP contribution in [0.4, 0.5) is 0 Å². The second kappa shape index (κ2) is 13.2. The Labute approximate surface area is 260 Å². The maximum atomic E-state index is 13.1. The molecule has 46 heavy (non-hydrogen) atoms. The van der Waals surface area contributed by atoms with E-state index >= 15 is 0 Å². The van der Waals surface area contributed by atoms with Gasteiger partial charge in [0, 0.05) is 24.0 Å². The van der Waals surface area contributed by atoms with Gasteiger partial charge in [-0.2, -0.15) is 0 Å². The topological polar surface area (TPSA) is 252 Å². The summed E-state index contributed by atoms with van der Waals surface area (Å²) in [4.78, 5) is 38.4. The van der Waals surface area contributed by atoms with Crippen LogP contribution in [0.3, 0.4) is 0 Å². The van der Waals surface area contributed by atoms with Crippen molar-refractivity contribution < 1.29 is 69.8 Å². The summed E-state index contributed by atoms with van der Waals surface area (Å²) in [7, 11) is 0. The third kappa shape index (κ3) is 7.04. The highest BCUT2D eigenvalue weighted by Gasteiger charge is 2.66. The molecule has 1 saturated carbocycles. The number of benzene rings is 3. The van der Waals surface area contributed by atoms with Crippen LogP contribution in [0, 0.1) is 5.92 Å². The number of ether oxygens (including phenoxy) is 2. The zero-order valence-electron chi connectivity index (χ0n) is 23.8. The average Bonchev–Trinajstić information content (AvgIpc) is 3.00. The number of phenols is 4. The summed E-state index contributed by atoms with van der Waals surface area (Å²) in [5.74, 6) is -12.4. The van der Waals surface area contributed by atoms with Gasteiger partial charge in [0.05, 0.1) is 6.08 Å².